The fraction of sp³-hybridized carbons (Fsp3) is 0.842. The first-order chi connectivity index (χ1) is 13.4. The molecular formula is C19H36N4O5. The van der Waals surface area contributed by atoms with E-state index in [1.54, 1.807) is 0 Å². The highest BCUT2D eigenvalue weighted by molar-refractivity contribution is 5.82. The zero-order chi connectivity index (χ0) is 21.0. The number of piperazine rings is 1. The summed E-state index contributed by atoms with van der Waals surface area (Å²) >= 11 is 0. The summed E-state index contributed by atoms with van der Waals surface area (Å²) in [5, 5.41) is 17.1. The molecule has 1 amide bonds. The molecule has 2 saturated heterocycles. The van der Waals surface area contributed by atoms with Gasteiger partial charge in [-0.2, -0.15) is 0 Å². The van der Waals surface area contributed by atoms with Gasteiger partial charge in [0, 0.05) is 44.7 Å². The van der Waals surface area contributed by atoms with Crippen molar-refractivity contribution < 1.29 is 24.6 Å². The molecule has 1 saturated carbocycles. The molecule has 3 fully saturated rings. The van der Waals surface area contributed by atoms with Crippen molar-refractivity contribution in [1.82, 2.24) is 20.0 Å². The van der Waals surface area contributed by atoms with Crippen molar-refractivity contribution in [3.63, 3.8) is 0 Å². The highest BCUT2D eigenvalue weighted by Gasteiger charge is 2.44. The van der Waals surface area contributed by atoms with Crippen LogP contribution in [0.2, 0.25) is 0 Å². The molecule has 28 heavy (non-hydrogen) atoms. The third-order valence-corrected chi connectivity index (χ3v) is 5.82. The summed E-state index contributed by atoms with van der Waals surface area (Å²) in [7, 11) is 2.20. The Labute approximate surface area is 167 Å². The van der Waals surface area contributed by atoms with Gasteiger partial charge in [0.2, 0.25) is 5.91 Å². The minimum atomic E-state index is -0.250. The lowest BCUT2D eigenvalue weighted by atomic mass is 10.1. The smallest absolute Gasteiger partial charge is 0.290 e. The quantitative estimate of drug-likeness (QED) is 0.535. The van der Waals surface area contributed by atoms with Gasteiger partial charge in [-0.3, -0.25) is 19.3 Å². The van der Waals surface area contributed by atoms with Crippen LogP contribution in [-0.4, -0.2) is 109 Å². The Bertz CT molecular complexity index is 473. The summed E-state index contributed by atoms with van der Waals surface area (Å²) in [4.78, 5) is 36.5. The Kier molecular flexibility index (Phi) is 11.0. The first-order valence-corrected chi connectivity index (χ1v) is 10.0. The molecule has 3 N–H and O–H groups in total. The zero-order valence-electron chi connectivity index (χ0n) is 17.2. The van der Waals surface area contributed by atoms with Gasteiger partial charge < -0.3 is 25.3 Å². The van der Waals surface area contributed by atoms with E-state index in [1.165, 1.54) is 52.0 Å². The van der Waals surface area contributed by atoms with Gasteiger partial charge in [-0.1, -0.05) is 6.92 Å². The average Bonchev–Trinajstić information content (AvgIpc) is 3.26. The zero-order valence-corrected chi connectivity index (χ0v) is 17.2. The van der Waals surface area contributed by atoms with Crippen molar-refractivity contribution in [2.75, 3.05) is 59.4 Å². The van der Waals surface area contributed by atoms with E-state index < -0.39 is 0 Å². The maximum Gasteiger partial charge on any atom is 0.290 e. The Balaban J connectivity index is 0.000000582. The van der Waals surface area contributed by atoms with Crippen LogP contribution in [0, 0.1) is 5.41 Å². The normalized spacial score (nSPS) is 24.1. The van der Waals surface area contributed by atoms with Gasteiger partial charge in [0.25, 0.3) is 12.9 Å². The minimum Gasteiger partial charge on any atom is -0.483 e. The molecule has 0 unspecified atom stereocenters. The number of nitrogens with one attached hydrogen (secondary N) is 1. The Morgan fingerprint density at radius 1 is 1.11 bits per heavy atom. The number of carbonyl (C=O) groups is 3. The van der Waals surface area contributed by atoms with Gasteiger partial charge in [-0.25, -0.2) is 0 Å². The molecule has 0 aromatic rings. The van der Waals surface area contributed by atoms with Crippen LogP contribution in [0.15, 0.2) is 0 Å². The second kappa shape index (κ2) is 12.7. The number of hydrogen-bond donors (Lipinski definition) is 3. The largest absolute Gasteiger partial charge is 0.483 e. The molecule has 0 bridgehead atoms. The molecule has 9 nitrogen and oxygen atoms in total. The van der Waals surface area contributed by atoms with Crippen molar-refractivity contribution in [3.8, 4) is 0 Å². The lowest BCUT2D eigenvalue weighted by Crippen LogP contribution is -2.49. The van der Waals surface area contributed by atoms with Gasteiger partial charge in [-0.05, 0) is 45.8 Å². The van der Waals surface area contributed by atoms with Crippen LogP contribution in [0.3, 0.4) is 0 Å². The second-order valence-corrected chi connectivity index (χ2v) is 7.79. The van der Waals surface area contributed by atoms with Crippen LogP contribution in [0.25, 0.3) is 0 Å². The first kappa shape index (κ1) is 24.3. The summed E-state index contributed by atoms with van der Waals surface area (Å²) in [5.74, 6) is 0.268. The van der Waals surface area contributed by atoms with E-state index in [4.69, 9.17) is 19.8 Å². The SMILES string of the molecule is CCN1CCC[C@H]1C(=O)NCC1(CN2CCN(C)CC2)CC1.O=CO.O=CO. The Hall–Kier alpha value is -1.71. The van der Waals surface area contributed by atoms with Crippen molar-refractivity contribution in [1.29, 1.82) is 0 Å². The Morgan fingerprint density at radius 3 is 2.18 bits per heavy atom. The second-order valence-electron chi connectivity index (χ2n) is 7.79. The highest BCUT2D eigenvalue weighted by Crippen LogP contribution is 2.45. The van der Waals surface area contributed by atoms with E-state index in [2.05, 4.69) is 34.0 Å². The topological polar surface area (TPSA) is 113 Å². The average molecular weight is 401 g/mol. The molecule has 2 heterocycles. The molecule has 1 atom stereocenters. The van der Waals surface area contributed by atoms with E-state index in [1.807, 2.05) is 0 Å². The predicted octanol–water partition coefficient (Wildman–Crippen LogP) is 0.0161. The van der Waals surface area contributed by atoms with Crippen molar-refractivity contribution in [3.05, 3.63) is 0 Å². The van der Waals surface area contributed by atoms with E-state index in [0.717, 1.165) is 26.1 Å². The highest BCUT2D eigenvalue weighted by atomic mass is 16.3. The molecule has 2 aliphatic heterocycles. The number of likely N-dealkylation sites (tertiary alicyclic amines) is 1. The third-order valence-electron chi connectivity index (χ3n) is 5.82. The lowest BCUT2D eigenvalue weighted by molar-refractivity contribution is -0.126. The lowest BCUT2D eigenvalue weighted by Gasteiger charge is -2.35. The van der Waals surface area contributed by atoms with Gasteiger partial charge in [0.1, 0.15) is 0 Å². The molecule has 9 heteroatoms. The minimum absolute atomic E-state index is 0.129. The molecule has 162 valence electrons. The van der Waals surface area contributed by atoms with Gasteiger partial charge in [0.05, 0.1) is 6.04 Å². The van der Waals surface area contributed by atoms with Crippen LogP contribution in [0.1, 0.15) is 32.6 Å². The van der Waals surface area contributed by atoms with Crippen molar-refractivity contribution in [2.24, 2.45) is 5.41 Å². The van der Waals surface area contributed by atoms with Gasteiger partial charge in [0.15, 0.2) is 0 Å². The summed E-state index contributed by atoms with van der Waals surface area (Å²) in [6, 6.07) is 0.129. The first-order valence-electron chi connectivity index (χ1n) is 10.0. The molecule has 0 aromatic carbocycles. The number of nitrogens with zero attached hydrogens (tertiary/aromatic N) is 3. The number of hydrogen-bond acceptors (Lipinski definition) is 6. The van der Waals surface area contributed by atoms with Crippen LogP contribution < -0.4 is 5.32 Å². The van der Waals surface area contributed by atoms with Crippen LogP contribution in [0.4, 0.5) is 0 Å². The van der Waals surface area contributed by atoms with E-state index >= 15 is 0 Å². The standard InChI is InChI=1S/C17H32N4O.2CH2O2/c1-3-21-8-4-5-15(21)16(22)18-13-17(6-7-17)14-20-11-9-19(2)10-12-20;2*2-1-3/h15H,3-14H2,1-2H3,(H,18,22);2*1H,(H,2,3)/t15-;;/m0../s1. The van der Waals surface area contributed by atoms with Crippen LogP contribution in [0.5, 0.6) is 0 Å². The molecule has 0 spiro atoms. The summed E-state index contributed by atoms with van der Waals surface area (Å²) in [6.07, 6.45) is 4.76. The molecule has 3 aliphatic rings. The van der Waals surface area contributed by atoms with Gasteiger partial charge >= 0.3 is 0 Å². The maximum atomic E-state index is 12.5. The fourth-order valence-electron chi connectivity index (χ4n) is 3.94. The number of carbonyl (C=O) groups excluding carboxylic acids is 1. The van der Waals surface area contributed by atoms with Gasteiger partial charge in [-0.15, -0.1) is 0 Å². The van der Waals surface area contributed by atoms with E-state index in [0.29, 0.717) is 5.41 Å². The summed E-state index contributed by atoms with van der Waals surface area (Å²) < 4.78 is 0. The number of rotatable bonds is 6. The maximum absolute atomic E-state index is 12.5. The predicted molar refractivity (Wildman–Crippen MR) is 106 cm³/mol. The van der Waals surface area contributed by atoms with Crippen molar-refractivity contribution >= 4 is 18.9 Å². The summed E-state index contributed by atoms with van der Waals surface area (Å²) in [5.41, 5.74) is 0.376. The molecule has 1 aliphatic carbocycles. The molecular weight excluding hydrogens is 364 g/mol. The Morgan fingerprint density at radius 2 is 1.68 bits per heavy atom. The fourth-order valence-corrected chi connectivity index (χ4v) is 3.94. The number of likely N-dealkylation sites (N-methyl/N-ethyl adjacent to an activating group) is 2. The summed E-state index contributed by atoms with van der Waals surface area (Å²) in [6.45, 7) is 10.5. The molecule has 0 radical (unpaired) electrons. The van der Waals surface area contributed by atoms with Crippen LogP contribution >= 0.6 is 0 Å². The third kappa shape index (κ3) is 8.12. The monoisotopic (exact) mass is 400 g/mol. The number of carboxylic acid groups (broad SMARTS) is 2. The van der Waals surface area contributed by atoms with E-state index in [9.17, 15) is 4.79 Å². The van der Waals surface area contributed by atoms with E-state index in [-0.39, 0.29) is 24.9 Å². The molecule has 0 aromatic heterocycles. The van der Waals surface area contributed by atoms with Crippen molar-refractivity contribution in [2.45, 2.75) is 38.6 Å². The molecule has 3 rings (SSSR count). The number of amides is 1. The van der Waals surface area contributed by atoms with Crippen LogP contribution in [-0.2, 0) is 14.4 Å².